The summed E-state index contributed by atoms with van der Waals surface area (Å²) in [6.45, 7) is 8.83. The number of rotatable bonds is 1. The van der Waals surface area contributed by atoms with E-state index in [4.69, 9.17) is 4.74 Å². The molecule has 0 bridgehead atoms. The van der Waals surface area contributed by atoms with E-state index in [1.165, 1.54) is 0 Å². The second-order valence-corrected chi connectivity index (χ2v) is 6.18. The second kappa shape index (κ2) is 4.53. The van der Waals surface area contributed by atoms with E-state index < -0.39 is 5.54 Å². The Morgan fingerprint density at radius 1 is 1.56 bits per heavy atom. The Kier molecular flexibility index (Phi) is 3.36. The van der Waals surface area contributed by atoms with Crippen LogP contribution in [0.3, 0.4) is 0 Å². The van der Waals surface area contributed by atoms with Gasteiger partial charge in [-0.25, -0.2) is 4.99 Å². The highest BCUT2D eigenvalue weighted by molar-refractivity contribution is 6.07. The number of hydrogen-bond acceptors (Lipinski definition) is 4. The zero-order valence-electron chi connectivity index (χ0n) is 11.7. The molecule has 18 heavy (non-hydrogen) atoms. The third-order valence-electron chi connectivity index (χ3n) is 3.36. The molecule has 2 N–H and O–H groups in total. The van der Waals surface area contributed by atoms with Crippen molar-refractivity contribution in [2.75, 3.05) is 6.61 Å². The molecule has 5 nitrogen and oxygen atoms in total. The van der Waals surface area contributed by atoms with Gasteiger partial charge in [0.2, 0.25) is 0 Å². The molecule has 1 fully saturated rings. The maximum atomic E-state index is 12.2. The van der Waals surface area contributed by atoms with E-state index in [-0.39, 0.29) is 17.6 Å². The highest BCUT2D eigenvalue weighted by Gasteiger charge is 2.47. The lowest BCUT2D eigenvalue weighted by molar-refractivity contribution is -0.129. The molecule has 0 aromatic rings. The van der Waals surface area contributed by atoms with Crippen LogP contribution in [0, 0.1) is 0 Å². The summed E-state index contributed by atoms with van der Waals surface area (Å²) in [7, 11) is 0. The van der Waals surface area contributed by atoms with Gasteiger partial charge in [-0.3, -0.25) is 10.1 Å². The van der Waals surface area contributed by atoms with Crippen LogP contribution in [0.1, 0.15) is 47.0 Å². The number of carbonyl (C=O) groups excluding carboxylic acids is 1. The molecule has 0 saturated carbocycles. The average molecular weight is 253 g/mol. The van der Waals surface area contributed by atoms with Crippen LogP contribution >= 0.6 is 0 Å². The molecule has 2 aliphatic heterocycles. The molecule has 2 atom stereocenters. The summed E-state index contributed by atoms with van der Waals surface area (Å²) in [4.78, 5) is 16.8. The van der Waals surface area contributed by atoms with Gasteiger partial charge in [-0.1, -0.05) is 6.92 Å². The van der Waals surface area contributed by atoms with Crippen LogP contribution in [0.2, 0.25) is 0 Å². The molecule has 2 unspecified atom stereocenters. The molecule has 0 aromatic heterocycles. The van der Waals surface area contributed by atoms with Crippen LogP contribution < -0.4 is 10.6 Å². The van der Waals surface area contributed by atoms with E-state index in [0.29, 0.717) is 25.4 Å². The standard InChI is InChI=1S/C13H23N3O2/c1-5-9-8-13(6-7-18-9)10(17)14-11(16-13)15-12(2,3)4/h9H,5-8H2,1-4H3,(H2,14,15,16,17). The van der Waals surface area contributed by atoms with Crippen molar-refractivity contribution < 1.29 is 9.53 Å². The van der Waals surface area contributed by atoms with E-state index in [1.54, 1.807) is 0 Å². The Bertz CT molecular complexity index is 373. The third kappa shape index (κ3) is 2.66. The zero-order chi connectivity index (χ0) is 13.4. The van der Waals surface area contributed by atoms with Crippen LogP contribution in [0.25, 0.3) is 0 Å². The van der Waals surface area contributed by atoms with Gasteiger partial charge in [0.1, 0.15) is 5.54 Å². The Morgan fingerprint density at radius 2 is 2.28 bits per heavy atom. The highest BCUT2D eigenvalue weighted by Crippen LogP contribution is 2.32. The van der Waals surface area contributed by atoms with Crippen LogP contribution in [0.5, 0.6) is 0 Å². The first-order chi connectivity index (χ1) is 8.35. The first-order valence-electron chi connectivity index (χ1n) is 6.66. The van der Waals surface area contributed by atoms with E-state index in [1.807, 2.05) is 20.8 Å². The fraction of sp³-hybridized carbons (Fsp3) is 0.846. The van der Waals surface area contributed by atoms with Gasteiger partial charge in [0.05, 0.1) is 6.10 Å². The molecule has 102 valence electrons. The molecule has 2 rings (SSSR count). The predicted molar refractivity (Wildman–Crippen MR) is 70.5 cm³/mol. The van der Waals surface area contributed by atoms with Crippen molar-refractivity contribution in [3.8, 4) is 0 Å². The van der Waals surface area contributed by atoms with Crippen molar-refractivity contribution >= 4 is 11.9 Å². The SMILES string of the molecule is CCC1CC2(CCO1)N=C(NC(C)(C)C)NC2=O. The summed E-state index contributed by atoms with van der Waals surface area (Å²) in [5.41, 5.74) is -0.709. The van der Waals surface area contributed by atoms with Crippen molar-refractivity contribution in [1.82, 2.24) is 10.6 Å². The molecular weight excluding hydrogens is 230 g/mol. The lowest BCUT2D eigenvalue weighted by Crippen LogP contribution is -2.49. The van der Waals surface area contributed by atoms with Gasteiger partial charge in [0, 0.05) is 25.0 Å². The number of nitrogens with zero attached hydrogens (tertiary/aromatic N) is 1. The fourth-order valence-corrected chi connectivity index (χ4v) is 2.43. The van der Waals surface area contributed by atoms with Crippen molar-refractivity contribution in [3.05, 3.63) is 0 Å². The monoisotopic (exact) mass is 253 g/mol. The molecule has 1 saturated heterocycles. The quantitative estimate of drug-likeness (QED) is 0.738. The van der Waals surface area contributed by atoms with Gasteiger partial charge in [0.15, 0.2) is 5.96 Å². The molecule has 2 heterocycles. The number of hydrogen-bond donors (Lipinski definition) is 2. The summed E-state index contributed by atoms with van der Waals surface area (Å²) in [6.07, 6.45) is 2.42. The normalized spacial score (nSPS) is 32.3. The van der Waals surface area contributed by atoms with Gasteiger partial charge in [-0.05, 0) is 27.2 Å². The van der Waals surface area contributed by atoms with Gasteiger partial charge in [-0.15, -0.1) is 0 Å². The van der Waals surface area contributed by atoms with Crippen LogP contribution in [-0.2, 0) is 9.53 Å². The summed E-state index contributed by atoms with van der Waals surface area (Å²) >= 11 is 0. The molecule has 1 spiro atoms. The number of amides is 1. The predicted octanol–water partition coefficient (Wildman–Crippen LogP) is 1.19. The topological polar surface area (TPSA) is 62.7 Å². The Morgan fingerprint density at radius 3 is 2.89 bits per heavy atom. The lowest BCUT2D eigenvalue weighted by atomic mass is 9.86. The number of carbonyl (C=O) groups is 1. The number of aliphatic imine (C=N–C) groups is 1. The summed E-state index contributed by atoms with van der Waals surface area (Å²) in [5, 5.41) is 6.09. The smallest absolute Gasteiger partial charge is 0.254 e. The average Bonchev–Trinajstić information content (AvgIpc) is 2.52. The number of nitrogens with one attached hydrogen (secondary N) is 2. The maximum absolute atomic E-state index is 12.2. The maximum Gasteiger partial charge on any atom is 0.254 e. The van der Waals surface area contributed by atoms with E-state index >= 15 is 0 Å². The summed E-state index contributed by atoms with van der Waals surface area (Å²) in [5.74, 6) is 0.611. The first kappa shape index (κ1) is 13.3. The van der Waals surface area contributed by atoms with Crippen LogP contribution in [0.15, 0.2) is 4.99 Å². The minimum Gasteiger partial charge on any atom is -0.378 e. The first-order valence-corrected chi connectivity index (χ1v) is 6.66. The molecule has 0 aromatic carbocycles. The summed E-state index contributed by atoms with van der Waals surface area (Å²) < 4.78 is 5.63. The Hall–Kier alpha value is -1.10. The largest absolute Gasteiger partial charge is 0.378 e. The van der Waals surface area contributed by atoms with Crippen molar-refractivity contribution in [1.29, 1.82) is 0 Å². The van der Waals surface area contributed by atoms with Gasteiger partial charge in [0.25, 0.3) is 5.91 Å². The van der Waals surface area contributed by atoms with Crippen LogP contribution in [-0.4, -0.2) is 35.7 Å². The zero-order valence-corrected chi connectivity index (χ0v) is 11.7. The molecular formula is C13H23N3O2. The van der Waals surface area contributed by atoms with Crippen molar-refractivity contribution in [2.24, 2.45) is 4.99 Å². The Labute approximate surface area is 108 Å². The number of ether oxygens (including phenoxy) is 1. The molecule has 5 heteroatoms. The minimum absolute atomic E-state index is 0.0102. The Balaban J connectivity index is 2.15. The lowest BCUT2D eigenvalue weighted by Gasteiger charge is -2.33. The van der Waals surface area contributed by atoms with Gasteiger partial charge < -0.3 is 10.1 Å². The van der Waals surface area contributed by atoms with Gasteiger partial charge in [-0.2, -0.15) is 0 Å². The van der Waals surface area contributed by atoms with E-state index in [0.717, 1.165) is 6.42 Å². The van der Waals surface area contributed by atoms with Crippen LogP contribution in [0.4, 0.5) is 0 Å². The van der Waals surface area contributed by atoms with Gasteiger partial charge >= 0.3 is 0 Å². The molecule has 0 aliphatic carbocycles. The van der Waals surface area contributed by atoms with E-state index in [9.17, 15) is 4.79 Å². The minimum atomic E-state index is -0.605. The third-order valence-corrected chi connectivity index (χ3v) is 3.36. The molecule has 2 aliphatic rings. The number of guanidine groups is 1. The second-order valence-electron chi connectivity index (χ2n) is 6.18. The summed E-state index contributed by atoms with van der Waals surface area (Å²) in [6, 6.07) is 0. The molecule has 0 radical (unpaired) electrons. The van der Waals surface area contributed by atoms with E-state index in [2.05, 4.69) is 22.5 Å². The van der Waals surface area contributed by atoms with Crippen molar-refractivity contribution in [2.45, 2.75) is 64.1 Å². The molecule has 1 amide bonds. The fourth-order valence-electron chi connectivity index (χ4n) is 2.43. The highest BCUT2D eigenvalue weighted by atomic mass is 16.5. The van der Waals surface area contributed by atoms with Crippen molar-refractivity contribution in [3.63, 3.8) is 0 Å².